The van der Waals surface area contributed by atoms with Gasteiger partial charge in [-0.1, -0.05) is 24.8 Å². The molecule has 0 spiro atoms. The summed E-state index contributed by atoms with van der Waals surface area (Å²) in [7, 11) is 0. The Morgan fingerprint density at radius 3 is 2.80 bits per heavy atom. The van der Waals surface area contributed by atoms with E-state index in [9.17, 15) is 19.5 Å². The van der Waals surface area contributed by atoms with Crippen LogP contribution in [0.3, 0.4) is 0 Å². The molecule has 0 aliphatic carbocycles. The molecule has 3 heterocycles. The van der Waals surface area contributed by atoms with E-state index in [2.05, 4.69) is 6.58 Å². The van der Waals surface area contributed by atoms with Crippen molar-refractivity contribution >= 4 is 17.9 Å². The molecule has 0 aromatic rings. The first-order chi connectivity index (χ1) is 14.0. The van der Waals surface area contributed by atoms with Crippen molar-refractivity contribution in [1.29, 1.82) is 0 Å². The Morgan fingerprint density at radius 2 is 2.10 bits per heavy atom. The van der Waals surface area contributed by atoms with Crippen LogP contribution in [0.4, 0.5) is 0 Å². The minimum atomic E-state index is -1.62. The van der Waals surface area contributed by atoms with Crippen molar-refractivity contribution in [2.24, 2.45) is 5.92 Å². The van der Waals surface area contributed by atoms with Crippen molar-refractivity contribution in [3.05, 3.63) is 48.1 Å². The highest BCUT2D eigenvalue weighted by molar-refractivity contribution is 5.91. The quantitative estimate of drug-likeness (QED) is 0.312. The smallest absolute Gasteiger partial charge is 0.334 e. The Labute approximate surface area is 174 Å². The third-order valence-electron chi connectivity index (χ3n) is 5.42. The molecule has 1 saturated heterocycles. The van der Waals surface area contributed by atoms with Gasteiger partial charge in [0.2, 0.25) is 5.79 Å². The van der Waals surface area contributed by atoms with E-state index in [1.54, 1.807) is 44.2 Å². The highest BCUT2D eigenvalue weighted by Gasteiger charge is 2.51. The zero-order valence-corrected chi connectivity index (χ0v) is 17.3. The third kappa shape index (κ3) is 4.55. The van der Waals surface area contributed by atoms with Gasteiger partial charge in [0.05, 0.1) is 17.9 Å². The zero-order chi connectivity index (χ0) is 22.1. The van der Waals surface area contributed by atoms with Crippen molar-refractivity contribution in [2.75, 3.05) is 6.61 Å². The number of carbonyl (C=O) groups excluding carboxylic acids is 3. The predicted octanol–water partition coefficient (Wildman–Crippen LogP) is 1.89. The maximum absolute atomic E-state index is 12.4. The van der Waals surface area contributed by atoms with Crippen LogP contribution in [0.1, 0.15) is 33.6 Å². The van der Waals surface area contributed by atoms with Gasteiger partial charge in [0.1, 0.15) is 18.8 Å². The molecule has 2 bridgehead atoms. The number of ether oxygens (including phenoxy) is 4. The van der Waals surface area contributed by atoms with Crippen LogP contribution in [0.5, 0.6) is 0 Å². The number of hydrogen-bond donors (Lipinski definition) is 1. The maximum atomic E-state index is 12.4. The lowest BCUT2D eigenvalue weighted by molar-refractivity contribution is -0.189. The average Bonchev–Trinajstić information content (AvgIpc) is 3.11. The molecular formula is C22H26O8. The summed E-state index contributed by atoms with van der Waals surface area (Å²) in [6.45, 7) is 8.65. The van der Waals surface area contributed by atoms with Crippen LogP contribution < -0.4 is 0 Å². The Morgan fingerprint density at radius 1 is 1.37 bits per heavy atom. The summed E-state index contributed by atoms with van der Waals surface area (Å²) in [6.07, 6.45) is 6.64. The molecule has 0 unspecified atom stereocenters. The number of esters is 3. The van der Waals surface area contributed by atoms with Gasteiger partial charge >= 0.3 is 17.9 Å². The monoisotopic (exact) mass is 418 g/mol. The number of rotatable bonds is 5. The van der Waals surface area contributed by atoms with Gasteiger partial charge < -0.3 is 24.1 Å². The van der Waals surface area contributed by atoms with Gasteiger partial charge in [-0.2, -0.15) is 0 Å². The predicted molar refractivity (Wildman–Crippen MR) is 105 cm³/mol. The van der Waals surface area contributed by atoms with Crippen LogP contribution in [0.25, 0.3) is 0 Å². The van der Waals surface area contributed by atoms with Crippen LogP contribution in [0.15, 0.2) is 48.1 Å². The van der Waals surface area contributed by atoms with Crippen LogP contribution in [-0.2, 0) is 33.3 Å². The Kier molecular flexibility index (Phi) is 6.01. The second-order valence-electron chi connectivity index (χ2n) is 7.93. The minimum Gasteiger partial charge on any atom is -0.462 e. The molecular weight excluding hydrogens is 392 g/mol. The summed E-state index contributed by atoms with van der Waals surface area (Å²) < 4.78 is 21.8. The molecule has 0 aromatic carbocycles. The summed E-state index contributed by atoms with van der Waals surface area (Å²) >= 11 is 0. The van der Waals surface area contributed by atoms with E-state index in [1.165, 1.54) is 6.92 Å². The molecule has 162 valence electrons. The van der Waals surface area contributed by atoms with Crippen molar-refractivity contribution in [1.82, 2.24) is 0 Å². The molecule has 1 fully saturated rings. The van der Waals surface area contributed by atoms with Gasteiger partial charge in [-0.15, -0.1) is 0 Å². The molecule has 0 aromatic heterocycles. The number of carbonyl (C=O) groups is 3. The largest absolute Gasteiger partial charge is 0.462 e. The molecule has 0 amide bonds. The van der Waals surface area contributed by atoms with Gasteiger partial charge in [0, 0.05) is 18.9 Å². The van der Waals surface area contributed by atoms with Crippen LogP contribution in [-0.4, -0.2) is 53.2 Å². The van der Waals surface area contributed by atoms with Crippen molar-refractivity contribution < 1.29 is 38.4 Å². The lowest BCUT2D eigenvalue weighted by atomic mass is 9.83. The first-order valence-corrected chi connectivity index (χ1v) is 9.72. The van der Waals surface area contributed by atoms with Crippen molar-refractivity contribution in [3.8, 4) is 0 Å². The van der Waals surface area contributed by atoms with Gasteiger partial charge in [-0.05, 0) is 31.6 Å². The lowest BCUT2D eigenvalue weighted by Gasteiger charge is -2.33. The van der Waals surface area contributed by atoms with Crippen molar-refractivity contribution in [3.63, 3.8) is 0 Å². The second kappa shape index (κ2) is 8.20. The Hall–Kier alpha value is -2.71. The molecule has 3 aliphatic rings. The number of hydrogen-bond acceptors (Lipinski definition) is 8. The molecule has 0 radical (unpaired) electrons. The molecule has 1 N–H and O–H groups in total. The summed E-state index contributed by atoms with van der Waals surface area (Å²) in [5, 5.41) is 10.8. The molecule has 0 saturated carbocycles. The van der Waals surface area contributed by atoms with E-state index in [-0.39, 0.29) is 25.0 Å². The van der Waals surface area contributed by atoms with E-state index in [4.69, 9.17) is 18.9 Å². The lowest BCUT2D eigenvalue weighted by Crippen LogP contribution is -2.40. The number of fused-ring (bicyclic) bond motifs is 3. The van der Waals surface area contributed by atoms with Crippen LogP contribution in [0, 0.1) is 5.92 Å². The molecule has 30 heavy (non-hydrogen) atoms. The molecule has 8 nitrogen and oxygen atoms in total. The van der Waals surface area contributed by atoms with Crippen LogP contribution >= 0.6 is 0 Å². The molecule has 3 rings (SSSR count). The van der Waals surface area contributed by atoms with E-state index in [0.29, 0.717) is 5.57 Å². The summed E-state index contributed by atoms with van der Waals surface area (Å²) in [5.74, 6) is -3.71. The van der Waals surface area contributed by atoms with E-state index < -0.39 is 47.4 Å². The topological polar surface area (TPSA) is 108 Å². The fraction of sp³-hybridized carbons (Fsp3) is 0.500. The van der Waals surface area contributed by atoms with E-state index in [0.717, 1.165) is 0 Å². The summed E-state index contributed by atoms with van der Waals surface area (Å²) in [6, 6.07) is 0. The van der Waals surface area contributed by atoms with E-state index >= 15 is 0 Å². The standard InChI is InChI=1S/C22H26O8/c1-13-11-16-19(14(2)20(25)29-16)17(12-21(4)8-9-22(13,26)30-21)28-18(24)7-5-6-10-27-15(3)23/h5-6,8-9,11,16-17,19,26H,2,7,10,12H2,1,3-4H3/b6-5-,13-11-/t16-,17-,19+,21+,22-/m1/s1. The normalized spacial score (nSPS) is 36.9. The Balaban J connectivity index is 1.80. The highest BCUT2D eigenvalue weighted by atomic mass is 16.6. The van der Waals surface area contributed by atoms with Crippen molar-refractivity contribution in [2.45, 2.75) is 57.2 Å². The van der Waals surface area contributed by atoms with Gasteiger partial charge in [0.15, 0.2) is 0 Å². The first-order valence-electron chi connectivity index (χ1n) is 9.72. The Bertz CT molecular complexity index is 853. The third-order valence-corrected chi connectivity index (χ3v) is 5.42. The fourth-order valence-electron chi connectivity index (χ4n) is 3.85. The second-order valence-corrected chi connectivity index (χ2v) is 7.93. The first kappa shape index (κ1) is 22.0. The summed E-state index contributed by atoms with van der Waals surface area (Å²) in [5.41, 5.74) is -0.231. The van der Waals surface area contributed by atoms with Gasteiger partial charge in [0.25, 0.3) is 0 Å². The van der Waals surface area contributed by atoms with E-state index in [1.807, 2.05) is 0 Å². The van der Waals surface area contributed by atoms with Crippen LogP contribution in [0.2, 0.25) is 0 Å². The molecule has 5 atom stereocenters. The fourth-order valence-corrected chi connectivity index (χ4v) is 3.85. The van der Waals surface area contributed by atoms with Gasteiger partial charge in [-0.3, -0.25) is 9.59 Å². The maximum Gasteiger partial charge on any atom is 0.334 e. The minimum absolute atomic E-state index is 0.0390. The summed E-state index contributed by atoms with van der Waals surface area (Å²) in [4.78, 5) is 35.4. The zero-order valence-electron chi connectivity index (χ0n) is 17.3. The number of aliphatic hydroxyl groups is 1. The average molecular weight is 418 g/mol. The highest BCUT2D eigenvalue weighted by Crippen LogP contribution is 2.44. The molecule has 8 heteroatoms. The SMILES string of the molecule is C=C1C(=O)O[C@@H]2/C=C(/C)[C@@]3(O)C=C[C@@](C)(C[C@@H](OC(=O)C/C=C\COC(C)=O)[C@@H]12)O3. The van der Waals surface area contributed by atoms with Gasteiger partial charge in [-0.25, -0.2) is 4.79 Å². The molecule has 3 aliphatic heterocycles.